The summed E-state index contributed by atoms with van der Waals surface area (Å²) in [4.78, 5) is 22.5. The van der Waals surface area contributed by atoms with Crippen LogP contribution >= 0.6 is 0 Å². The fourth-order valence-corrected chi connectivity index (χ4v) is 2.02. The first-order chi connectivity index (χ1) is 10.3. The quantitative estimate of drug-likeness (QED) is 0.686. The minimum absolute atomic E-state index is 0.0531. The maximum absolute atomic E-state index is 12.5. The van der Waals surface area contributed by atoms with Crippen LogP contribution in [0, 0.1) is 0 Å². The van der Waals surface area contributed by atoms with Gasteiger partial charge in [0.1, 0.15) is 6.61 Å². The molecular formula is C15H14F3NO3. The van der Waals surface area contributed by atoms with E-state index in [0.29, 0.717) is 12.8 Å². The van der Waals surface area contributed by atoms with Gasteiger partial charge in [0.2, 0.25) is 5.91 Å². The van der Waals surface area contributed by atoms with Crippen molar-refractivity contribution in [1.82, 2.24) is 5.32 Å². The van der Waals surface area contributed by atoms with Crippen LogP contribution in [0.2, 0.25) is 0 Å². The molecule has 1 atom stereocenters. The van der Waals surface area contributed by atoms with Crippen LogP contribution in [0.3, 0.4) is 0 Å². The molecule has 4 nitrogen and oxygen atoms in total. The first-order valence-electron chi connectivity index (χ1n) is 6.66. The second-order valence-electron chi connectivity index (χ2n) is 4.89. The number of ether oxygens (including phenoxy) is 1. The van der Waals surface area contributed by atoms with Gasteiger partial charge in [0, 0.05) is 12.5 Å². The Hall–Kier alpha value is -2.31. The third kappa shape index (κ3) is 4.61. The highest BCUT2D eigenvalue weighted by atomic mass is 19.4. The number of alkyl halides is 3. The molecule has 1 unspecified atom stereocenters. The van der Waals surface area contributed by atoms with E-state index in [-0.39, 0.29) is 24.1 Å². The average molecular weight is 313 g/mol. The first-order valence-corrected chi connectivity index (χ1v) is 6.66. The van der Waals surface area contributed by atoms with Crippen molar-refractivity contribution in [3.05, 3.63) is 41.5 Å². The Kier molecular flexibility index (Phi) is 4.85. The maximum Gasteiger partial charge on any atom is 0.416 e. The van der Waals surface area contributed by atoms with Crippen LogP contribution in [0.25, 0.3) is 6.08 Å². The summed E-state index contributed by atoms with van der Waals surface area (Å²) in [6.07, 6.45) is -1.10. The molecule has 1 heterocycles. The van der Waals surface area contributed by atoms with Gasteiger partial charge in [0.15, 0.2) is 0 Å². The van der Waals surface area contributed by atoms with E-state index < -0.39 is 17.7 Å². The van der Waals surface area contributed by atoms with Crippen molar-refractivity contribution < 1.29 is 27.5 Å². The molecule has 1 saturated heterocycles. The molecule has 118 valence electrons. The molecular weight excluding hydrogens is 299 g/mol. The third-order valence-electron chi connectivity index (χ3n) is 3.14. The number of amides is 1. The molecule has 1 aromatic rings. The number of carbonyl (C=O) groups is 2. The van der Waals surface area contributed by atoms with Crippen LogP contribution in [0.4, 0.5) is 13.2 Å². The topological polar surface area (TPSA) is 55.4 Å². The Balaban J connectivity index is 1.88. The zero-order valence-electron chi connectivity index (χ0n) is 11.5. The van der Waals surface area contributed by atoms with Crippen molar-refractivity contribution >= 4 is 18.0 Å². The fourth-order valence-electron chi connectivity index (χ4n) is 2.02. The predicted octanol–water partition coefficient (Wildman–Crippen LogP) is 2.54. The number of carbonyl (C=O) groups excluding carboxylic acids is 2. The monoisotopic (exact) mass is 313 g/mol. The lowest BCUT2D eigenvalue weighted by molar-refractivity contribution is -0.139. The molecule has 0 aliphatic carbocycles. The molecule has 1 fully saturated rings. The number of hydrogen-bond donors (Lipinski definition) is 1. The van der Waals surface area contributed by atoms with Gasteiger partial charge in [0.05, 0.1) is 11.6 Å². The second kappa shape index (κ2) is 6.64. The van der Waals surface area contributed by atoms with Gasteiger partial charge in [-0.3, -0.25) is 4.79 Å². The Morgan fingerprint density at radius 1 is 1.41 bits per heavy atom. The summed E-state index contributed by atoms with van der Waals surface area (Å²) in [7, 11) is 0. The zero-order valence-corrected chi connectivity index (χ0v) is 11.5. The Morgan fingerprint density at radius 2 is 2.18 bits per heavy atom. The SMILES string of the molecule is O=C1CCC(COC(=O)/C=C/c2cccc(C(F)(F)F)c2)N1. The summed E-state index contributed by atoms with van der Waals surface area (Å²) < 4.78 is 42.6. The summed E-state index contributed by atoms with van der Waals surface area (Å²) in [5, 5.41) is 2.64. The molecule has 1 aliphatic heterocycles. The molecule has 0 saturated carbocycles. The normalized spacial score (nSPS) is 18.5. The van der Waals surface area contributed by atoms with E-state index >= 15 is 0 Å². The number of halogens is 3. The highest BCUT2D eigenvalue weighted by Crippen LogP contribution is 2.29. The fraction of sp³-hybridized carbons (Fsp3) is 0.333. The Bertz CT molecular complexity index is 596. The number of benzene rings is 1. The van der Waals surface area contributed by atoms with Gasteiger partial charge in [-0.1, -0.05) is 12.1 Å². The van der Waals surface area contributed by atoms with Crippen LogP contribution in [0.15, 0.2) is 30.3 Å². The van der Waals surface area contributed by atoms with E-state index in [0.717, 1.165) is 18.2 Å². The van der Waals surface area contributed by atoms with E-state index in [9.17, 15) is 22.8 Å². The van der Waals surface area contributed by atoms with Gasteiger partial charge in [0.25, 0.3) is 0 Å². The highest BCUT2D eigenvalue weighted by Gasteiger charge is 2.30. The van der Waals surface area contributed by atoms with Crippen molar-refractivity contribution in [2.45, 2.75) is 25.1 Å². The number of rotatable bonds is 4. The van der Waals surface area contributed by atoms with Gasteiger partial charge >= 0.3 is 12.1 Å². The van der Waals surface area contributed by atoms with Gasteiger partial charge in [-0.05, 0) is 30.2 Å². The van der Waals surface area contributed by atoms with Gasteiger partial charge in [-0.15, -0.1) is 0 Å². The lowest BCUT2D eigenvalue weighted by Crippen LogP contribution is -2.30. The second-order valence-corrected chi connectivity index (χ2v) is 4.89. The van der Waals surface area contributed by atoms with Crippen molar-refractivity contribution in [3.8, 4) is 0 Å². The van der Waals surface area contributed by atoms with Gasteiger partial charge < -0.3 is 10.1 Å². The summed E-state index contributed by atoms with van der Waals surface area (Å²) in [6.45, 7) is 0.0531. The van der Waals surface area contributed by atoms with E-state index in [2.05, 4.69) is 5.32 Å². The summed E-state index contributed by atoms with van der Waals surface area (Å²) >= 11 is 0. The van der Waals surface area contributed by atoms with Crippen LogP contribution < -0.4 is 5.32 Å². The van der Waals surface area contributed by atoms with Gasteiger partial charge in [-0.2, -0.15) is 13.2 Å². The van der Waals surface area contributed by atoms with Crippen molar-refractivity contribution in [1.29, 1.82) is 0 Å². The van der Waals surface area contributed by atoms with Crippen LogP contribution in [0.1, 0.15) is 24.0 Å². The number of nitrogens with one attached hydrogen (secondary N) is 1. The van der Waals surface area contributed by atoms with Crippen molar-refractivity contribution in [3.63, 3.8) is 0 Å². The van der Waals surface area contributed by atoms with E-state index in [4.69, 9.17) is 4.74 Å². The zero-order chi connectivity index (χ0) is 16.2. The smallest absolute Gasteiger partial charge is 0.416 e. The summed E-state index contributed by atoms with van der Waals surface area (Å²) in [6, 6.07) is 4.43. The van der Waals surface area contributed by atoms with Crippen molar-refractivity contribution in [2.75, 3.05) is 6.61 Å². The van der Waals surface area contributed by atoms with Crippen LogP contribution in [-0.4, -0.2) is 24.5 Å². The Morgan fingerprint density at radius 3 is 2.82 bits per heavy atom. The summed E-state index contributed by atoms with van der Waals surface area (Å²) in [5.74, 6) is -0.751. The molecule has 1 amide bonds. The number of hydrogen-bond acceptors (Lipinski definition) is 3. The Labute approximate surface area is 125 Å². The average Bonchev–Trinajstić information content (AvgIpc) is 2.88. The molecule has 0 radical (unpaired) electrons. The van der Waals surface area contributed by atoms with Gasteiger partial charge in [-0.25, -0.2) is 4.79 Å². The largest absolute Gasteiger partial charge is 0.460 e. The summed E-state index contributed by atoms with van der Waals surface area (Å²) in [5.41, 5.74) is -0.530. The first kappa shape index (κ1) is 16.1. The minimum Gasteiger partial charge on any atom is -0.460 e. The lowest BCUT2D eigenvalue weighted by Gasteiger charge is -2.09. The number of esters is 1. The molecule has 1 aliphatic rings. The standard InChI is InChI=1S/C15H14F3NO3/c16-15(17,18)11-3-1-2-10(8-11)4-7-14(21)22-9-12-5-6-13(20)19-12/h1-4,7-8,12H,5-6,9H2,(H,19,20)/b7-4+. The molecule has 0 aromatic heterocycles. The third-order valence-corrected chi connectivity index (χ3v) is 3.14. The molecule has 7 heteroatoms. The lowest BCUT2D eigenvalue weighted by atomic mass is 10.1. The van der Waals surface area contributed by atoms with Crippen LogP contribution in [0.5, 0.6) is 0 Å². The van der Waals surface area contributed by atoms with Crippen molar-refractivity contribution in [2.24, 2.45) is 0 Å². The van der Waals surface area contributed by atoms with E-state index in [1.165, 1.54) is 18.2 Å². The molecule has 2 rings (SSSR count). The minimum atomic E-state index is -4.43. The van der Waals surface area contributed by atoms with E-state index in [1.807, 2.05) is 0 Å². The van der Waals surface area contributed by atoms with E-state index in [1.54, 1.807) is 0 Å². The maximum atomic E-state index is 12.5. The van der Waals surface area contributed by atoms with Crippen LogP contribution in [-0.2, 0) is 20.5 Å². The molecule has 22 heavy (non-hydrogen) atoms. The molecule has 1 aromatic carbocycles. The predicted molar refractivity (Wildman–Crippen MR) is 72.6 cm³/mol. The molecule has 0 spiro atoms. The molecule has 1 N–H and O–H groups in total. The molecule has 0 bridgehead atoms. The highest BCUT2D eigenvalue weighted by molar-refractivity contribution is 5.87.